The van der Waals surface area contributed by atoms with Gasteiger partial charge in [-0.15, -0.1) is 0 Å². The van der Waals surface area contributed by atoms with Crippen LogP contribution in [0.2, 0.25) is 0 Å². The van der Waals surface area contributed by atoms with E-state index in [-0.39, 0.29) is 6.10 Å². The van der Waals surface area contributed by atoms with Crippen LogP contribution in [0.5, 0.6) is 5.88 Å². The van der Waals surface area contributed by atoms with E-state index in [1.54, 1.807) is 6.20 Å². The molecule has 0 saturated carbocycles. The number of hydrogen-bond donors (Lipinski definition) is 0. The van der Waals surface area contributed by atoms with Crippen LogP contribution >= 0.6 is 15.9 Å². The molecule has 1 aromatic rings. The Bertz CT molecular complexity index is 440. The number of alkyl halides is 1. The van der Waals surface area contributed by atoms with Crippen molar-refractivity contribution in [3.8, 4) is 5.88 Å². The van der Waals surface area contributed by atoms with Gasteiger partial charge in [0.1, 0.15) is 0 Å². The van der Waals surface area contributed by atoms with Crippen LogP contribution < -0.4 is 9.64 Å². The number of fused-ring (bicyclic) bond motifs is 2. The van der Waals surface area contributed by atoms with Crippen LogP contribution in [0.25, 0.3) is 0 Å². The van der Waals surface area contributed by atoms with E-state index in [4.69, 9.17) is 4.74 Å². The number of nitrogens with zero attached hydrogens (tertiary/aromatic N) is 3. The van der Waals surface area contributed by atoms with E-state index in [2.05, 4.69) is 30.8 Å². The summed E-state index contributed by atoms with van der Waals surface area (Å²) in [4.78, 5) is 12.1. The van der Waals surface area contributed by atoms with Gasteiger partial charge >= 0.3 is 0 Å². The fraction of sp³-hybridized carbons (Fsp3) is 0.714. The molecule has 2 saturated heterocycles. The Hall–Kier alpha value is -0.840. The zero-order valence-corrected chi connectivity index (χ0v) is 13.0. The van der Waals surface area contributed by atoms with Crippen molar-refractivity contribution in [3.05, 3.63) is 12.3 Å². The van der Waals surface area contributed by atoms with Gasteiger partial charge in [-0.3, -0.25) is 0 Å². The molecule has 2 unspecified atom stereocenters. The molecule has 104 valence electrons. The van der Waals surface area contributed by atoms with E-state index in [1.807, 2.05) is 19.9 Å². The molecule has 5 heteroatoms. The fourth-order valence-corrected chi connectivity index (χ4v) is 4.06. The fourth-order valence-electron chi connectivity index (χ4n) is 3.20. The van der Waals surface area contributed by atoms with Gasteiger partial charge in [0.05, 0.1) is 6.10 Å². The summed E-state index contributed by atoms with van der Waals surface area (Å²) in [5.74, 6) is 1.52. The lowest BCUT2D eigenvalue weighted by molar-refractivity contribution is 0.232. The molecule has 0 spiro atoms. The minimum Gasteiger partial charge on any atom is -0.475 e. The zero-order chi connectivity index (χ0) is 13.4. The van der Waals surface area contributed by atoms with Crippen LogP contribution in [0.15, 0.2) is 12.3 Å². The van der Waals surface area contributed by atoms with Crippen LogP contribution in [0.1, 0.15) is 39.5 Å². The predicted octanol–water partition coefficient (Wildman–Crippen LogP) is 3.16. The minimum absolute atomic E-state index is 0.146. The van der Waals surface area contributed by atoms with Crippen LogP contribution in [0, 0.1) is 0 Å². The van der Waals surface area contributed by atoms with Crippen molar-refractivity contribution in [2.24, 2.45) is 0 Å². The second-order valence-corrected chi connectivity index (χ2v) is 7.02. The molecule has 1 aromatic heterocycles. The van der Waals surface area contributed by atoms with Gasteiger partial charge in [0.15, 0.2) is 0 Å². The molecule has 0 aromatic carbocycles. The van der Waals surface area contributed by atoms with Crippen LogP contribution in [-0.2, 0) is 0 Å². The van der Waals surface area contributed by atoms with Gasteiger partial charge in [-0.2, -0.15) is 4.98 Å². The lowest BCUT2D eigenvalue weighted by Gasteiger charge is -2.37. The Morgan fingerprint density at radius 1 is 1.32 bits per heavy atom. The number of piperidine rings is 1. The Labute approximate surface area is 122 Å². The summed E-state index contributed by atoms with van der Waals surface area (Å²) in [5.41, 5.74) is 0. The topological polar surface area (TPSA) is 38.2 Å². The van der Waals surface area contributed by atoms with E-state index >= 15 is 0 Å². The number of ether oxygens (including phenoxy) is 1. The average Bonchev–Trinajstić information content (AvgIpc) is 2.61. The zero-order valence-electron chi connectivity index (χ0n) is 11.4. The number of hydrogen-bond acceptors (Lipinski definition) is 4. The molecule has 4 nitrogen and oxygen atoms in total. The summed E-state index contributed by atoms with van der Waals surface area (Å²) in [6.45, 7) is 4.03. The Morgan fingerprint density at radius 3 is 2.63 bits per heavy atom. The molecule has 3 rings (SSSR count). The van der Waals surface area contributed by atoms with E-state index in [0.717, 1.165) is 5.95 Å². The maximum Gasteiger partial charge on any atom is 0.229 e. The van der Waals surface area contributed by atoms with Crippen LogP contribution in [-0.4, -0.2) is 33.0 Å². The highest BCUT2D eigenvalue weighted by Crippen LogP contribution is 2.40. The summed E-state index contributed by atoms with van der Waals surface area (Å²) in [6, 6.07) is 3.00. The van der Waals surface area contributed by atoms with E-state index < -0.39 is 0 Å². The van der Waals surface area contributed by atoms with Gasteiger partial charge in [-0.25, -0.2) is 4.98 Å². The predicted molar refractivity (Wildman–Crippen MR) is 79.0 cm³/mol. The molecule has 2 atom stereocenters. The van der Waals surface area contributed by atoms with Crippen LogP contribution in [0.3, 0.4) is 0 Å². The van der Waals surface area contributed by atoms with Gasteiger partial charge in [0, 0.05) is 29.2 Å². The average molecular weight is 326 g/mol. The van der Waals surface area contributed by atoms with Crippen molar-refractivity contribution in [1.82, 2.24) is 9.97 Å². The molecule has 2 bridgehead atoms. The highest BCUT2D eigenvalue weighted by molar-refractivity contribution is 9.09. The molecule has 2 aliphatic rings. The van der Waals surface area contributed by atoms with Crippen molar-refractivity contribution < 1.29 is 4.74 Å². The first kappa shape index (κ1) is 13.2. The monoisotopic (exact) mass is 325 g/mol. The number of aromatic nitrogens is 2. The third kappa shape index (κ3) is 2.71. The van der Waals surface area contributed by atoms with Crippen molar-refractivity contribution in [3.63, 3.8) is 0 Å². The first-order valence-electron chi connectivity index (χ1n) is 7.05. The molecule has 0 N–H and O–H groups in total. The SMILES string of the molecule is CC(C)Oc1ccnc(N2C3CCC2CC(Br)C3)n1. The van der Waals surface area contributed by atoms with Gasteiger partial charge in [0.25, 0.3) is 0 Å². The van der Waals surface area contributed by atoms with E-state index in [9.17, 15) is 0 Å². The smallest absolute Gasteiger partial charge is 0.229 e. The number of anilines is 1. The molecule has 3 heterocycles. The van der Waals surface area contributed by atoms with Crippen LogP contribution in [0.4, 0.5) is 5.95 Å². The van der Waals surface area contributed by atoms with Gasteiger partial charge in [-0.05, 0) is 39.5 Å². The number of rotatable bonds is 3. The maximum absolute atomic E-state index is 5.67. The van der Waals surface area contributed by atoms with E-state index in [0.29, 0.717) is 22.8 Å². The van der Waals surface area contributed by atoms with Gasteiger partial charge in [0.2, 0.25) is 11.8 Å². The van der Waals surface area contributed by atoms with Gasteiger partial charge in [-0.1, -0.05) is 15.9 Å². The molecule has 0 amide bonds. The van der Waals surface area contributed by atoms with Gasteiger partial charge < -0.3 is 9.64 Å². The first-order valence-corrected chi connectivity index (χ1v) is 7.97. The molecule has 0 aliphatic carbocycles. The molecule has 19 heavy (non-hydrogen) atoms. The van der Waals surface area contributed by atoms with Crippen molar-refractivity contribution >= 4 is 21.9 Å². The lowest BCUT2D eigenvalue weighted by Crippen LogP contribution is -2.44. The highest BCUT2D eigenvalue weighted by atomic mass is 79.9. The molecule has 0 radical (unpaired) electrons. The second kappa shape index (κ2) is 5.27. The van der Waals surface area contributed by atoms with Crippen molar-refractivity contribution in [2.75, 3.05) is 4.90 Å². The van der Waals surface area contributed by atoms with E-state index in [1.165, 1.54) is 25.7 Å². The Kier molecular flexibility index (Phi) is 3.65. The highest BCUT2D eigenvalue weighted by Gasteiger charge is 2.41. The maximum atomic E-state index is 5.67. The van der Waals surface area contributed by atoms with Crippen molar-refractivity contribution in [2.45, 2.75) is 62.5 Å². The normalized spacial score (nSPS) is 29.9. The quantitative estimate of drug-likeness (QED) is 0.800. The first-order chi connectivity index (χ1) is 9.13. The third-order valence-electron chi connectivity index (χ3n) is 3.88. The summed E-state index contributed by atoms with van der Waals surface area (Å²) in [5, 5.41) is 0. The third-order valence-corrected chi connectivity index (χ3v) is 4.63. The summed E-state index contributed by atoms with van der Waals surface area (Å²) in [7, 11) is 0. The molecular formula is C14H20BrN3O. The number of halogens is 1. The Balaban J connectivity index is 1.82. The summed E-state index contributed by atoms with van der Waals surface area (Å²) < 4.78 is 5.67. The lowest BCUT2D eigenvalue weighted by atomic mass is 10.0. The Morgan fingerprint density at radius 2 is 2.00 bits per heavy atom. The second-order valence-electron chi connectivity index (χ2n) is 5.72. The standard InChI is InChI=1S/C14H20BrN3O/c1-9(2)19-13-5-6-16-14(17-13)18-11-3-4-12(18)8-10(15)7-11/h5-6,9-12H,3-4,7-8H2,1-2H3. The molecular weight excluding hydrogens is 306 g/mol. The summed E-state index contributed by atoms with van der Waals surface area (Å²) in [6.07, 6.45) is 6.84. The minimum atomic E-state index is 0.146. The molecule has 2 fully saturated rings. The van der Waals surface area contributed by atoms with Crippen molar-refractivity contribution in [1.29, 1.82) is 0 Å². The molecule has 2 aliphatic heterocycles. The largest absolute Gasteiger partial charge is 0.475 e. The summed E-state index contributed by atoms with van der Waals surface area (Å²) >= 11 is 3.76.